The van der Waals surface area contributed by atoms with Gasteiger partial charge in [0.05, 0.1) is 10.3 Å². The molecule has 1 heterocycles. The van der Waals surface area contributed by atoms with Gasteiger partial charge in [-0.25, -0.2) is 14.4 Å². The van der Waals surface area contributed by atoms with Crippen LogP contribution in [0.2, 0.25) is 0 Å². The Bertz CT molecular complexity index is 911. The lowest BCUT2D eigenvalue weighted by molar-refractivity contribution is -0.176. The normalized spacial score (nSPS) is 15.1. The van der Waals surface area contributed by atoms with Gasteiger partial charge in [-0.15, -0.1) is 0 Å². The van der Waals surface area contributed by atoms with Crippen molar-refractivity contribution < 1.29 is 37.1 Å². The van der Waals surface area contributed by atoms with Crippen molar-refractivity contribution in [3.05, 3.63) is 29.8 Å². The Morgan fingerprint density at radius 1 is 1.03 bits per heavy atom. The first kappa shape index (κ1) is 29.4. The minimum absolute atomic E-state index is 0.0220. The molecule has 182 valence electrons. The number of sulfonamides is 1. The van der Waals surface area contributed by atoms with Gasteiger partial charge in [0.25, 0.3) is 0 Å². The summed E-state index contributed by atoms with van der Waals surface area (Å²) in [4.78, 5) is 39.0. The van der Waals surface area contributed by atoms with Gasteiger partial charge < -0.3 is 14.3 Å². The van der Waals surface area contributed by atoms with Crippen LogP contribution in [0.1, 0.15) is 67.9 Å². The highest BCUT2D eigenvalue weighted by Crippen LogP contribution is 2.25. The molecule has 0 aliphatic carbocycles. The van der Waals surface area contributed by atoms with Crippen molar-refractivity contribution in [3.63, 3.8) is 0 Å². The Labute approximate surface area is 191 Å². The molecule has 0 spiro atoms. The molecular formula is C22H35NO8S. The van der Waals surface area contributed by atoms with E-state index >= 15 is 0 Å². The van der Waals surface area contributed by atoms with Crippen LogP contribution < -0.4 is 0 Å². The van der Waals surface area contributed by atoms with E-state index in [9.17, 15) is 22.8 Å². The molecule has 10 heteroatoms. The summed E-state index contributed by atoms with van der Waals surface area (Å²) < 4.78 is 35.2. The van der Waals surface area contributed by atoms with Crippen LogP contribution in [0.25, 0.3) is 0 Å². The molecule has 0 bridgehead atoms. The van der Waals surface area contributed by atoms with Gasteiger partial charge in [0.15, 0.2) is 6.10 Å². The van der Waals surface area contributed by atoms with Gasteiger partial charge in [0.1, 0.15) is 5.60 Å². The van der Waals surface area contributed by atoms with E-state index in [0.29, 0.717) is 5.56 Å². The molecule has 1 aliphatic rings. The van der Waals surface area contributed by atoms with E-state index in [0.717, 1.165) is 0 Å². The number of carbonyl (C=O) groups is 3. The number of carbonyl (C=O) groups excluding carboxylic acids is 3. The maximum Gasteiger partial charge on any atom is 0.459 e. The van der Waals surface area contributed by atoms with E-state index in [-0.39, 0.29) is 21.4 Å². The Balaban J connectivity index is 0.00000117. The summed E-state index contributed by atoms with van der Waals surface area (Å²) in [5.74, 6) is -0.958. The fourth-order valence-electron chi connectivity index (χ4n) is 1.77. The Hall–Kier alpha value is -2.62. The van der Waals surface area contributed by atoms with E-state index in [2.05, 4.69) is 4.74 Å². The molecule has 9 nitrogen and oxygen atoms in total. The minimum Gasteiger partial charge on any atom is -0.448 e. The number of ether oxygens (including phenoxy) is 2. The SMILES string of the molecule is CC.CC1OC1=O.Cc1ccccc1S(=O)(=O)N(OC(=O)C(C)(C)C)C(=O)OC(C)(C)C. The predicted octanol–water partition coefficient (Wildman–Crippen LogP) is 4.38. The largest absolute Gasteiger partial charge is 0.459 e. The fraction of sp³-hybridized carbons (Fsp3) is 0.591. The summed E-state index contributed by atoms with van der Waals surface area (Å²) in [6.45, 7) is 16.7. The van der Waals surface area contributed by atoms with Crippen LogP contribution in [0.4, 0.5) is 4.79 Å². The standard InChI is InChI=1S/C17H25NO6S.C3H4O2.C2H6/c1-12-10-8-9-11-13(12)25(21,22)18(15(20)23-17(5,6)7)24-14(19)16(2,3)4;1-2-3(4)5-2;1-2/h8-11H,1-7H3;2H,1H3;1-2H3. The fourth-order valence-corrected chi connectivity index (χ4v) is 3.07. The number of amides is 1. The average Bonchev–Trinajstić information content (AvgIpc) is 3.31. The van der Waals surface area contributed by atoms with Gasteiger partial charge in [-0.1, -0.05) is 32.0 Å². The van der Waals surface area contributed by atoms with E-state index in [1.54, 1.807) is 67.5 Å². The van der Waals surface area contributed by atoms with E-state index in [1.165, 1.54) is 12.1 Å². The van der Waals surface area contributed by atoms with Crippen LogP contribution in [0.15, 0.2) is 29.2 Å². The molecule has 0 N–H and O–H groups in total. The molecule has 1 aliphatic heterocycles. The number of hydroxylamine groups is 1. The van der Waals surface area contributed by atoms with Gasteiger partial charge in [-0.2, -0.15) is 8.42 Å². The van der Waals surface area contributed by atoms with Crippen molar-refractivity contribution in [2.75, 3.05) is 0 Å². The zero-order chi connectivity index (χ0) is 25.5. The number of hydrogen-bond acceptors (Lipinski definition) is 8. The highest BCUT2D eigenvalue weighted by atomic mass is 32.2. The quantitative estimate of drug-likeness (QED) is 0.458. The van der Waals surface area contributed by atoms with Crippen molar-refractivity contribution >= 4 is 28.1 Å². The topological polar surface area (TPSA) is 120 Å². The summed E-state index contributed by atoms with van der Waals surface area (Å²) in [6, 6.07) is 6.07. The summed E-state index contributed by atoms with van der Waals surface area (Å²) in [5.41, 5.74) is -1.57. The Kier molecular flexibility index (Phi) is 10.4. The van der Waals surface area contributed by atoms with Crippen LogP contribution in [-0.4, -0.2) is 42.6 Å². The smallest absolute Gasteiger partial charge is 0.448 e. The van der Waals surface area contributed by atoms with E-state index in [4.69, 9.17) is 9.57 Å². The van der Waals surface area contributed by atoms with Crippen molar-refractivity contribution in [1.82, 2.24) is 4.47 Å². The number of aryl methyl sites for hydroxylation is 1. The summed E-state index contributed by atoms with van der Waals surface area (Å²) in [7, 11) is -4.44. The van der Waals surface area contributed by atoms with Gasteiger partial charge in [0.2, 0.25) is 0 Å². The van der Waals surface area contributed by atoms with Crippen molar-refractivity contribution in [2.24, 2.45) is 5.41 Å². The average molecular weight is 474 g/mol. The van der Waals surface area contributed by atoms with Crippen LogP contribution in [0, 0.1) is 12.3 Å². The van der Waals surface area contributed by atoms with Crippen molar-refractivity contribution in [3.8, 4) is 0 Å². The van der Waals surface area contributed by atoms with Crippen LogP contribution in [0.5, 0.6) is 0 Å². The molecule has 1 aromatic carbocycles. The van der Waals surface area contributed by atoms with Crippen LogP contribution >= 0.6 is 0 Å². The van der Waals surface area contributed by atoms with E-state index < -0.39 is 33.1 Å². The summed E-state index contributed by atoms with van der Waals surface area (Å²) in [5, 5.41) is 0. The van der Waals surface area contributed by atoms with Crippen molar-refractivity contribution in [2.45, 2.75) is 85.8 Å². The highest BCUT2D eigenvalue weighted by Gasteiger charge is 2.40. The lowest BCUT2D eigenvalue weighted by Crippen LogP contribution is -2.44. The second kappa shape index (κ2) is 11.3. The summed E-state index contributed by atoms with van der Waals surface area (Å²) >= 11 is 0. The number of benzene rings is 1. The maximum atomic E-state index is 12.9. The first-order valence-corrected chi connectivity index (χ1v) is 11.7. The molecule has 0 saturated carbocycles. The molecule has 1 amide bonds. The van der Waals surface area contributed by atoms with Gasteiger partial charge >= 0.3 is 28.1 Å². The third kappa shape index (κ3) is 9.25. The molecule has 2 rings (SSSR count). The maximum absolute atomic E-state index is 12.9. The first-order valence-electron chi connectivity index (χ1n) is 10.2. The van der Waals surface area contributed by atoms with Crippen LogP contribution in [0.3, 0.4) is 0 Å². The zero-order valence-electron chi connectivity index (χ0n) is 20.5. The number of epoxide rings is 1. The van der Waals surface area contributed by atoms with Crippen molar-refractivity contribution in [1.29, 1.82) is 0 Å². The molecule has 1 saturated heterocycles. The van der Waals surface area contributed by atoms with Gasteiger partial charge in [-0.05, 0) is 71.5 Å². The number of rotatable bonds is 2. The Morgan fingerprint density at radius 2 is 1.47 bits per heavy atom. The van der Waals surface area contributed by atoms with E-state index in [1.807, 2.05) is 13.8 Å². The molecule has 1 fully saturated rings. The number of hydrogen-bond donors (Lipinski definition) is 0. The van der Waals surface area contributed by atoms with Gasteiger partial charge in [-0.3, -0.25) is 0 Å². The predicted molar refractivity (Wildman–Crippen MR) is 119 cm³/mol. The second-order valence-electron chi connectivity index (χ2n) is 8.69. The van der Waals surface area contributed by atoms with Gasteiger partial charge in [0, 0.05) is 0 Å². The number of nitrogens with zero attached hydrogens (tertiary/aromatic N) is 1. The molecule has 0 radical (unpaired) electrons. The molecule has 32 heavy (non-hydrogen) atoms. The lowest BCUT2D eigenvalue weighted by Gasteiger charge is -2.27. The first-order chi connectivity index (χ1) is 14.5. The van der Waals surface area contributed by atoms with Crippen LogP contribution in [-0.2, 0) is 33.9 Å². The molecule has 1 atom stereocenters. The molecular weight excluding hydrogens is 438 g/mol. The zero-order valence-corrected chi connectivity index (χ0v) is 21.3. The second-order valence-corrected chi connectivity index (χ2v) is 10.4. The third-order valence-corrected chi connectivity index (χ3v) is 5.15. The molecule has 1 aromatic rings. The Morgan fingerprint density at radius 3 is 1.81 bits per heavy atom. The molecule has 1 unspecified atom stereocenters. The minimum atomic E-state index is -4.44. The molecule has 0 aromatic heterocycles. The number of cyclic esters (lactones) is 1. The third-order valence-electron chi connectivity index (χ3n) is 3.48. The monoisotopic (exact) mass is 473 g/mol. The summed E-state index contributed by atoms with van der Waals surface area (Å²) in [6.07, 6.45) is -1.37. The highest BCUT2D eigenvalue weighted by molar-refractivity contribution is 7.89. The lowest BCUT2D eigenvalue weighted by atomic mass is 9.98.